The maximum atomic E-state index is 12.1. The number of methoxy groups -OCH3 is 2. The van der Waals surface area contributed by atoms with Crippen molar-refractivity contribution in [2.75, 3.05) is 14.2 Å². The largest absolute Gasteiger partial charge is 0.496 e. The summed E-state index contributed by atoms with van der Waals surface area (Å²) in [6.45, 7) is 0. The number of aromatic carboxylic acids is 1. The fraction of sp³-hybridized carbons (Fsp3) is 0.133. The van der Waals surface area contributed by atoms with Crippen LogP contribution in [0.2, 0.25) is 10.0 Å². The first-order valence-corrected chi connectivity index (χ1v) is 13.8. The van der Waals surface area contributed by atoms with Crippen LogP contribution in [-0.2, 0) is 14.1 Å². The summed E-state index contributed by atoms with van der Waals surface area (Å²) in [4.78, 5) is 46.5. The Bertz CT molecular complexity index is 2250. The normalized spacial score (nSPS) is 10.9. The van der Waals surface area contributed by atoms with Crippen LogP contribution in [0.5, 0.6) is 11.5 Å². The van der Waals surface area contributed by atoms with Crippen LogP contribution in [0.4, 0.5) is 0 Å². The molecular formula is C30H24Cl2N6O7. The molecule has 0 aliphatic carbocycles. The number of H-pyrrole nitrogens is 2. The van der Waals surface area contributed by atoms with Gasteiger partial charge in [0.05, 0.1) is 42.2 Å². The van der Waals surface area contributed by atoms with Gasteiger partial charge in [-0.05, 0) is 35.4 Å². The number of aromatic nitrogens is 6. The quantitative estimate of drug-likeness (QED) is 0.216. The first kappa shape index (κ1) is 31.0. The number of halogens is 2. The third-order valence-corrected chi connectivity index (χ3v) is 7.72. The Morgan fingerprint density at radius 2 is 1.29 bits per heavy atom. The van der Waals surface area contributed by atoms with Gasteiger partial charge in [0.2, 0.25) is 0 Å². The lowest BCUT2D eigenvalue weighted by Gasteiger charge is -2.12. The number of aromatic amines is 2. The van der Waals surface area contributed by atoms with Gasteiger partial charge >= 0.3 is 5.97 Å². The van der Waals surface area contributed by atoms with E-state index in [0.29, 0.717) is 50.5 Å². The highest BCUT2D eigenvalue weighted by molar-refractivity contribution is 6.34. The average molecular weight is 651 g/mol. The molecule has 13 nitrogen and oxygen atoms in total. The summed E-state index contributed by atoms with van der Waals surface area (Å²) < 4.78 is 13.2. The molecule has 3 N–H and O–H groups in total. The van der Waals surface area contributed by atoms with Gasteiger partial charge in [-0.3, -0.25) is 24.6 Å². The van der Waals surface area contributed by atoms with E-state index >= 15 is 0 Å². The second-order valence-corrected chi connectivity index (χ2v) is 10.6. The van der Waals surface area contributed by atoms with Crippen LogP contribution in [-0.4, -0.2) is 61.1 Å². The van der Waals surface area contributed by atoms with Gasteiger partial charge in [-0.2, -0.15) is 10.2 Å². The number of aryl methyl sites for hydroxylation is 2. The second kappa shape index (κ2) is 12.3. The lowest BCUT2D eigenvalue weighted by molar-refractivity contribution is 0.0693. The van der Waals surface area contributed by atoms with Crippen molar-refractivity contribution in [1.29, 1.82) is 0 Å². The van der Waals surface area contributed by atoms with E-state index in [2.05, 4.69) is 20.4 Å². The molecule has 6 aromatic rings. The SMILES string of the molecule is COc1cc(-c2cn(C)c(=O)c3[nH]ncc23)cc(Cl)c1C(=O)O.COc1cc(-c2cn(C)c(=O)c3[nH]ncc23)cc(Cl)c1C=O. The fourth-order valence-electron chi connectivity index (χ4n) is 4.90. The molecule has 0 saturated heterocycles. The predicted octanol–water partition coefficient (Wildman–Crippen LogP) is 4.69. The number of rotatable bonds is 6. The van der Waals surface area contributed by atoms with Crippen molar-refractivity contribution in [2.45, 2.75) is 0 Å². The molecule has 0 spiro atoms. The standard InChI is InChI=1S/C15H12ClN3O4.C15H12ClN3O3/c1-19-6-9(8-5-17-18-13(8)14(19)20)7-3-10(16)12(15(21)22)11(4-7)23-2;1-19-6-10(9-5-17-18-14(9)15(19)21)8-3-12(16)11(7-20)13(4-8)22-2/h3-6H,1-2H3,(H,17,18)(H,21,22);3-7H,1-2H3,(H,17,18). The maximum Gasteiger partial charge on any atom is 0.341 e. The Morgan fingerprint density at radius 1 is 0.822 bits per heavy atom. The van der Waals surface area contributed by atoms with Crippen molar-refractivity contribution in [3.63, 3.8) is 0 Å². The molecule has 0 fully saturated rings. The number of nitrogens with zero attached hydrogens (tertiary/aromatic N) is 4. The smallest absolute Gasteiger partial charge is 0.341 e. The Balaban J connectivity index is 0.000000178. The minimum absolute atomic E-state index is 0.0531. The second-order valence-electron chi connectivity index (χ2n) is 9.77. The Morgan fingerprint density at radius 3 is 1.73 bits per heavy atom. The minimum atomic E-state index is -1.17. The van der Waals surface area contributed by atoms with Crippen LogP contribution in [0.3, 0.4) is 0 Å². The first-order valence-electron chi connectivity index (χ1n) is 13.0. The van der Waals surface area contributed by atoms with Crippen molar-refractivity contribution in [1.82, 2.24) is 29.5 Å². The molecule has 0 radical (unpaired) electrons. The molecule has 6 rings (SSSR count). The van der Waals surface area contributed by atoms with Crippen molar-refractivity contribution >= 4 is 57.3 Å². The van der Waals surface area contributed by atoms with Crippen molar-refractivity contribution in [3.05, 3.63) is 90.9 Å². The van der Waals surface area contributed by atoms with E-state index in [0.717, 1.165) is 11.1 Å². The highest BCUT2D eigenvalue weighted by Gasteiger charge is 2.20. The van der Waals surface area contributed by atoms with Gasteiger partial charge in [-0.15, -0.1) is 0 Å². The van der Waals surface area contributed by atoms with Crippen LogP contribution in [0.15, 0.2) is 58.6 Å². The van der Waals surface area contributed by atoms with Gasteiger partial charge in [-0.25, -0.2) is 4.79 Å². The third kappa shape index (κ3) is 5.54. The Kier molecular flexibility index (Phi) is 8.49. The number of nitrogens with one attached hydrogen (secondary N) is 2. The van der Waals surface area contributed by atoms with E-state index in [1.54, 1.807) is 50.9 Å². The van der Waals surface area contributed by atoms with E-state index in [-0.39, 0.29) is 32.5 Å². The average Bonchev–Trinajstić information content (AvgIpc) is 3.71. The lowest BCUT2D eigenvalue weighted by Crippen LogP contribution is -2.16. The van der Waals surface area contributed by atoms with Crippen LogP contribution in [0, 0.1) is 0 Å². The van der Waals surface area contributed by atoms with Gasteiger partial charge in [0.1, 0.15) is 28.1 Å². The van der Waals surface area contributed by atoms with Crippen molar-refractivity contribution in [3.8, 4) is 33.8 Å². The summed E-state index contributed by atoms with van der Waals surface area (Å²) in [6.07, 6.45) is 7.12. The van der Waals surface area contributed by atoms with Gasteiger partial charge in [0.15, 0.2) is 6.29 Å². The molecule has 0 aliphatic rings. The van der Waals surface area contributed by atoms with E-state index in [4.69, 9.17) is 32.7 Å². The molecule has 0 saturated carbocycles. The van der Waals surface area contributed by atoms with Crippen LogP contribution in [0.25, 0.3) is 44.1 Å². The summed E-state index contributed by atoms with van der Waals surface area (Å²) in [5, 5.41) is 24.1. The zero-order chi connectivity index (χ0) is 32.6. The highest BCUT2D eigenvalue weighted by atomic mass is 35.5. The summed E-state index contributed by atoms with van der Waals surface area (Å²) in [5.41, 5.74) is 3.40. The molecule has 0 atom stereocenters. The van der Waals surface area contributed by atoms with Gasteiger partial charge < -0.3 is 23.7 Å². The minimum Gasteiger partial charge on any atom is -0.496 e. The topological polar surface area (TPSA) is 174 Å². The molecular weight excluding hydrogens is 627 g/mol. The number of fused-ring (bicyclic) bond motifs is 2. The number of benzene rings is 2. The lowest BCUT2D eigenvalue weighted by atomic mass is 10.0. The number of aldehydes is 1. The number of carbonyl (C=O) groups excluding carboxylic acids is 1. The Labute approximate surface area is 263 Å². The Hall–Kier alpha value is -5.40. The monoisotopic (exact) mass is 650 g/mol. The van der Waals surface area contributed by atoms with Crippen LogP contribution >= 0.6 is 23.2 Å². The molecule has 0 aliphatic heterocycles. The fourth-order valence-corrected chi connectivity index (χ4v) is 5.45. The van der Waals surface area contributed by atoms with Gasteiger partial charge in [0, 0.05) is 48.4 Å². The number of hydrogen-bond acceptors (Lipinski definition) is 8. The molecule has 230 valence electrons. The van der Waals surface area contributed by atoms with Crippen molar-refractivity contribution in [2.24, 2.45) is 14.1 Å². The summed E-state index contributed by atoms with van der Waals surface area (Å²) in [7, 11) is 6.12. The molecule has 4 heterocycles. The zero-order valence-corrected chi connectivity index (χ0v) is 25.6. The highest BCUT2D eigenvalue weighted by Crippen LogP contribution is 2.36. The first-order chi connectivity index (χ1) is 21.5. The van der Waals surface area contributed by atoms with Crippen LogP contribution in [0.1, 0.15) is 20.7 Å². The van der Waals surface area contributed by atoms with E-state index in [9.17, 15) is 24.3 Å². The maximum absolute atomic E-state index is 12.1. The van der Waals surface area contributed by atoms with E-state index < -0.39 is 5.97 Å². The number of ether oxygens (including phenoxy) is 2. The summed E-state index contributed by atoms with van der Waals surface area (Å²) in [5.74, 6) is -0.652. The number of pyridine rings is 2. The van der Waals surface area contributed by atoms with Crippen LogP contribution < -0.4 is 20.6 Å². The molecule has 15 heteroatoms. The molecule has 45 heavy (non-hydrogen) atoms. The predicted molar refractivity (Wildman–Crippen MR) is 169 cm³/mol. The third-order valence-electron chi connectivity index (χ3n) is 7.11. The molecule has 0 unspecified atom stereocenters. The van der Waals surface area contributed by atoms with E-state index in [1.165, 1.54) is 35.6 Å². The number of carboxylic acids is 1. The number of carboxylic acid groups (broad SMARTS) is 1. The van der Waals surface area contributed by atoms with E-state index in [1.807, 2.05) is 0 Å². The zero-order valence-electron chi connectivity index (χ0n) is 24.1. The molecule has 0 bridgehead atoms. The number of hydrogen-bond donors (Lipinski definition) is 3. The molecule has 2 aromatic carbocycles. The van der Waals surface area contributed by atoms with Crippen molar-refractivity contribution < 1.29 is 24.2 Å². The molecule has 0 amide bonds. The van der Waals surface area contributed by atoms with Gasteiger partial charge in [0.25, 0.3) is 11.1 Å². The summed E-state index contributed by atoms with van der Waals surface area (Å²) >= 11 is 12.3. The summed E-state index contributed by atoms with van der Waals surface area (Å²) in [6, 6.07) is 6.48. The molecule has 4 aromatic heterocycles. The number of carbonyl (C=O) groups is 2. The van der Waals surface area contributed by atoms with Gasteiger partial charge in [-0.1, -0.05) is 23.2 Å².